The van der Waals surface area contributed by atoms with Crippen LogP contribution in [0, 0.1) is 0 Å². The van der Waals surface area contributed by atoms with Crippen molar-refractivity contribution in [3.05, 3.63) is 48.0 Å². The molecule has 2 nitrogen and oxygen atoms in total. The number of allylic oxidation sites excluding steroid dienone is 2. The first-order valence-corrected chi connectivity index (χ1v) is 6.40. The molecule has 3 rings (SSSR count). The standard InChI is InChI=1S/C15H17NO/c17-15(12-8-4-3-5-9-12)16-13-10-6-1-2-7-11-14(13)16/h1-5,8-9,13-14H,6-7,10-11H2/b2-1-. The van der Waals surface area contributed by atoms with Crippen LogP contribution < -0.4 is 0 Å². The fourth-order valence-corrected chi connectivity index (χ4v) is 2.80. The molecule has 1 aliphatic carbocycles. The van der Waals surface area contributed by atoms with Gasteiger partial charge in [0.05, 0.1) is 12.1 Å². The lowest BCUT2D eigenvalue weighted by Gasteiger charge is -2.04. The van der Waals surface area contributed by atoms with E-state index in [1.54, 1.807) is 0 Å². The number of hydrogen-bond acceptors (Lipinski definition) is 1. The number of fused-ring (bicyclic) bond motifs is 1. The van der Waals surface area contributed by atoms with Gasteiger partial charge < -0.3 is 4.90 Å². The molecule has 0 spiro atoms. The summed E-state index contributed by atoms with van der Waals surface area (Å²) in [5.41, 5.74) is 0.826. The van der Waals surface area contributed by atoms with E-state index in [2.05, 4.69) is 17.1 Å². The van der Waals surface area contributed by atoms with Crippen LogP contribution in [0.4, 0.5) is 0 Å². The maximum Gasteiger partial charge on any atom is 0.254 e. The molecule has 0 N–H and O–H groups in total. The molecule has 1 aliphatic heterocycles. The molecular weight excluding hydrogens is 210 g/mol. The molecule has 2 unspecified atom stereocenters. The topological polar surface area (TPSA) is 20.1 Å². The monoisotopic (exact) mass is 227 g/mol. The first-order valence-electron chi connectivity index (χ1n) is 6.40. The van der Waals surface area contributed by atoms with Gasteiger partial charge in [-0.2, -0.15) is 0 Å². The number of benzene rings is 1. The number of carbonyl (C=O) groups is 1. The predicted molar refractivity (Wildman–Crippen MR) is 67.8 cm³/mol. The highest BCUT2D eigenvalue weighted by atomic mass is 16.2. The average Bonchev–Trinajstić information content (AvgIpc) is 3.01. The second-order valence-electron chi connectivity index (χ2n) is 4.84. The highest BCUT2D eigenvalue weighted by Gasteiger charge is 2.49. The predicted octanol–water partition coefficient (Wildman–Crippen LogP) is 3.01. The zero-order valence-electron chi connectivity index (χ0n) is 9.88. The van der Waals surface area contributed by atoms with Gasteiger partial charge in [0.2, 0.25) is 0 Å². The fraction of sp³-hybridized carbons (Fsp3) is 0.400. The van der Waals surface area contributed by atoms with Crippen molar-refractivity contribution in [2.24, 2.45) is 0 Å². The van der Waals surface area contributed by atoms with Gasteiger partial charge in [-0.3, -0.25) is 4.79 Å². The minimum Gasteiger partial charge on any atom is -0.329 e. The van der Waals surface area contributed by atoms with Crippen molar-refractivity contribution in [2.75, 3.05) is 0 Å². The Kier molecular flexibility index (Phi) is 2.71. The molecule has 1 fully saturated rings. The van der Waals surface area contributed by atoms with Crippen molar-refractivity contribution in [3.63, 3.8) is 0 Å². The Hall–Kier alpha value is -1.57. The first-order chi connectivity index (χ1) is 8.38. The Morgan fingerprint density at radius 1 is 1.00 bits per heavy atom. The lowest BCUT2D eigenvalue weighted by Crippen LogP contribution is -2.14. The van der Waals surface area contributed by atoms with Crippen molar-refractivity contribution < 1.29 is 4.79 Å². The van der Waals surface area contributed by atoms with E-state index in [1.165, 1.54) is 0 Å². The molecule has 1 aromatic rings. The van der Waals surface area contributed by atoms with Crippen LogP contribution >= 0.6 is 0 Å². The zero-order chi connectivity index (χ0) is 11.7. The van der Waals surface area contributed by atoms with Gasteiger partial charge in [0.15, 0.2) is 0 Å². The third-order valence-corrected chi connectivity index (χ3v) is 3.75. The largest absolute Gasteiger partial charge is 0.329 e. The van der Waals surface area contributed by atoms with Crippen molar-refractivity contribution in [3.8, 4) is 0 Å². The van der Waals surface area contributed by atoms with Gasteiger partial charge in [0, 0.05) is 5.56 Å². The van der Waals surface area contributed by atoms with E-state index in [-0.39, 0.29) is 5.91 Å². The molecule has 1 amide bonds. The van der Waals surface area contributed by atoms with Crippen LogP contribution in [0.15, 0.2) is 42.5 Å². The maximum atomic E-state index is 12.3. The second kappa shape index (κ2) is 4.36. The molecule has 0 aromatic heterocycles. The summed E-state index contributed by atoms with van der Waals surface area (Å²) >= 11 is 0. The van der Waals surface area contributed by atoms with Crippen molar-refractivity contribution in [1.82, 2.24) is 4.90 Å². The van der Waals surface area contributed by atoms with E-state index >= 15 is 0 Å². The van der Waals surface area contributed by atoms with Crippen LogP contribution in [-0.4, -0.2) is 22.9 Å². The Balaban J connectivity index is 1.73. The van der Waals surface area contributed by atoms with E-state index in [9.17, 15) is 4.79 Å². The summed E-state index contributed by atoms with van der Waals surface area (Å²) in [6.45, 7) is 0. The molecular formula is C15H17NO. The van der Waals surface area contributed by atoms with Gasteiger partial charge in [-0.05, 0) is 37.8 Å². The molecule has 1 saturated heterocycles. The van der Waals surface area contributed by atoms with Gasteiger partial charge in [-0.15, -0.1) is 0 Å². The molecule has 0 saturated carbocycles. The van der Waals surface area contributed by atoms with Crippen molar-refractivity contribution in [2.45, 2.75) is 37.8 Å². The van der Waals surface area contributed by atoms with Gasteiger partial charge >= 0.3 is 0 Å². The van der Waals surface area contributed by atoms with Gasteiger partial charge in [-0.25, -0.2) is 0 Å². The van der Waals surface area contributed by atoms with E-state index in [4.69, 9.17) is 0 Å². The normalized spacial score (nSPS) is 28.8. The van der Waals surface area contributed by atoms with E-state index in [1.807, 2.05) is 30.3 Å². The molecule has 1 heterocycles. The van der Waals surface area contributed by atoms with Crippen LogP contribution in [0.2, 0.25) is 0 Å². The summed E-state index contributed by atoms with van der Waals surface area (Å²) in [6.07, 6.45) is 8.97. The minimum absolute atomic E-state index is 0.211. The second-order valence-corrected chi connectivity index (χ2v) is 4.84. The Labute approximate surface area is 102 Å². The number of rotatable bonds is 1. The molecule has 0 bridgehead atoms. The van der Waals surface area contributed by atoms with Gasteiger partial charge in [0.25, 0.3) is 5.91 Å². The molecule has 2 aliphatic rings. The molecule has 0 radical (unpaired) electrons. The van der Waals surface area contributed by atoms with Crippen LogP contribution in [0.25, 0.3) is 0 Å². The number of hydrogen-bond donors (Lipinski definition) is 0. The Morgan fingerprint density at radius 2 is 1.59 bits per heavy atom. The first kappa shape index (κ1) is 10.6. The molecule has 88 valence electrons. The Bertz CT molecular complexity index is 421. The van der Waals surface area contributed by atoms with E-state index < -0.39 is 0 Å². The van der Waals surface area contributed by atoms with Crippen LogP contribution in [0.5, 0.6) is 0 Å². The van der Waals surface area contributed by atoms with Crippen LogP contribution in [-0.2, 0) is 0 Å². The summed E-state index contributed by atoms with van der Waals surface area (Å²) in [4.78, 5) is 14.4. The SMILES string of the molecule is O=C(c1ccccc1)N1C2CC/C=C\CCC21. The van der Waals surface area contributed by atoms with E-state index in [0.717, 1.165) is 31.2 Å². The quantitative estimate of drug-likeness (QED) is 0.533. The summed E-state index contributed by atoms with van der Waals surface area (Å²) in [6, 6.07) is 10.6. The molecule has 2 atom stereocenters. The summed E-state index contributed by atoms with van der Waals surface area (Å²) < 4.78 is 0. The van der Waals surface area contributed by atoms with Crippen molar-refractivity contribution >= 4 is 5.91 Å². The number of carbonyl (C=O) groups excluding carboxylic acids is 1. The number of nitrogens with zero attached hydrogens (tertiary/aromatic N) is 1. The fourth-order valence-electron chi connectivity index (χ4n) is 2.80. The molecule has 1 aromatic carbocycles. The van der Waals surface area contributed by atoms with Gasteiger partial charge in [-0.1, -0.05) is 30.4 Å². The summed E-state index contributed by atoms with van der Waals surface area (Å²) in [5, 5.41) is 0. The molecule has 2 heteroatoms. The zero-order valence-corrected chi connectivity index (χ0v) is 9.88. The average molecular weight is 227 g/mol. The lowest BCUT2D eigenvalue weighted by atomic mass is 10.1. The van der Waals surface area contributed by atoms with Gasteiger partial charge in [0.1, 0.15) is 0 Å². The van der Waals surface area contributed by atoms with Crippen molar-refractivity contribution in [1.29, 1.82) is 0 Å². The minimum atomic E-state index is 0.211. The third kappa shape index (κ3) is 1.99. The number of amides is 1. The lowest BCUT2D eigenvalue weighted by molar-refractivity contribution is 0.0863. The highest BCUT2D eigenvalue weighted by Crippen LogP contribution is 2.38. The Morgan fingerprint density at radius 3 is 2.18 bits per heavy atom. The van der Waals surface area contributed by atoms with Crippen LogP contribution in [0.1, 0.15) is 36.0 Å². The van der Waals surface area contributed by atoms with Crippen LogP contribution in [0.3, 0.4) is 0 Å². The third-order valence-electron chi connectivity index (χ3n) is 3.75. The molecule has 17 heavy (non-hydrogen) atoms. The smallest absolute Gasteiger partial charge is 0.254 e. The van der Waals surface area contributed by atoms with E-state index in [0.29, 0.717) is 12.1 Å². The summed E-state index contributed by atoms with van der Waals surface area (Å²) in [5.74, 6) is 0.211. The highest BCUT2D eigenvalue weighted by molar-refractivity contribution is 5.96. The summed E-state index contributed by atoms with van der Waals surface area (Å²) in [7, 11) is 0. The maximum absolute atomic E-state index is 12.3.